The van der Waals surface area contributed by atoms with Crippen molar-refractivity contribution in [2.75, 3.05) is 5.33 Å². The van der Waals surface area contributed by atoms with Gasteiger partial charge in [0.15, 0.2) is 0 Å². The Morgan fingerprint density at radius 3 is 2.50 bits per heavy atom. The lowest BCUT2D eigenvalue weighted by molar-refractivity contribution is 0.583. The molecule has 0 aromatic heterocycles. The van der Waals surface area contributed by atoms with E-state index in [0.29, 0.717) is 5.92 Å². The van der Waals surface area contributed by atoms with Gasteiger partial charge in [0.1, 0.15) is 0 Å². The Kier molecular flexibility index (Phi) is 6.10. The van der Waals surface area contributed by atoms with Crippen molar-refractivity contribution in [2.45, 2.75) is 33.1 Å². The van der Waals surface area contributed by atoms with Gasteiger partial charge in [-0.3, -0.25) is 0 Å². The van der Waals surface area contributed by atoms with E-state index in [1.54, 1.807) is 0 Å². The topological polar surface area (TPSA) is 0 Å². The maximum absolute atomic E-state index is 3.95. The fourth-order valence-electron chi connectivity index (χ4n) is 0.906. The van der Waals surface area contributed by atoms with Crippen LogP contribution in [0.2, 0.25) is 0 Å². The van der Waals surface area contributed by atoms with Crippen LogP contribution in [-0.2, 0) is 0 Å². The van der Waals surface area contributed by atoms with Crippen molar-refractivity contribution < 1.29 is 0 Å². The fourth-order valence-corrected chi connectivity index (χ4v) is 1.78. The van der Waals surface area contributed by atoms with Crippen LogP contribution in [0.4, 0.5) is 0 Å². The zero-order valence-corrected chi connectivity index (χ0v) is 8.58. The largest absolute Gasteiger partial charge is 0.0998 e. The summed E-state index contributed by atoms with van der Waals surface area (Å²) >= 11 is 3.49. The molecule has 0 aromatic carbocycles. The van der Waals surface area contributed by atoms with E-state index in [-0.39, 0.29) is 0 Å². The molecular weight excluding hydrogens is 188 g/mol. The highest BCUT2D eigenvalue weighted by Crippen LogP contribution is 2.18. The van der Waals surface area contributed by atoms with Crippen molar-refractivity contribution in [1.29, 1.82) is 0 Å². The Bertz CT molecular complexity index is 96.9. The number of hydrogen-bond acceptors (Lipinski definition) is 0. The smallest absolute Gasteiger partial charge is 0.00967 e. The third kappa shape index (κ3) is 4.10. The second kappa shape index (κ2) is 5.96. The third-order valence-electron chi connectivity index (χ3n) is 1.79. The minimum atomic E-state index is 0.694. The number of hydrogen-bond donors (Lipinski definition) is 0. The van der Waals surface area contributed by atoms with Crippen LogP contribution in [0.3, 0.4) is 0 Å². The highest BCUT2D eigenvalue weighted by atomic mass is 79.9. The predicted octanol–water partition coefficient (Wildman–Crippen LogP) is 3.76. The zero-order valence-electron chi connectivity index (χ0n) is 6.99. The van der Waals surface area contributed by atoms with E-state index in [1.165, 1.54) is 24.8 Å². The van der Waals surface area contributed by atoms with Crippen molar-refractivity contribution >= 4 is 15.9 Å². The zero-order chi connectivity index (χ0) is 7.98. The Balaban J connectivity index is 3.50. The Morgan fingerprint density at radius 1 is 1.60 bits per heavy atom. The summed E-state index contributed by atoms with van der Waals surface area (Å²) in [5.41, 5.74) is 1.31. The summed E-state index contributed by atoms with van der Waals surface area (Å²) in [5, 5.41) is 1.07. The second-order valence-corrected chi connectivity index (χ2v) is 3.49. The lowest BCUT2D eigenvalue weighted by atomic mass is 9.98. The molecule has 0 aliphatic carbocycles. The number of halogens is 1. The van der Waals surface area contributed by atoms with Crippen LogP contribution >= 0.6 is 15.9 Å². The van der Waals surface area contributed by atoms with Crippen LogP contribution in [0.15, 0.2) is 12.2 Å². The molecule has 0 spiro atoms. The van der Waals surface area contributed by atoms with E-state index in [4.69, 9.17) is 0 Å². The average Bonchev–Trinajstić information content (AvgIpc) is 1.89. The lowest BCUT2D eigenvalue weighted by Crippen LogP contribution is -2.02. The van der Waals surface area contributed by atoms with Gasteiger partial charge in [0.05, 0.1) is 0 Å². The van der Waals surface area contributed by atoms with Crippen LogP contribution in [0.1, 0.15) is 33.1 Å². The molecule has 0 saturated carbocycles. The van der Waals surface area contributed by atoms with Crippen molar-refractivity contribution in [3.63, 3.8) is 0 Å². The van der Waals surface area contributed by atoms with Gasteiger partial charge in [0.25, 0.3) is 0 Å². The SMILES string of the molecule is C=C(C)[C@H](CBr)CCCC. The first-order chi connectivity index (χ1) is 4.72. The minimum Gasteiger partial charge on any atom is -0.0998 e. The molecule has 0 radical (unpaired) electrons. The van der Waals surface area contributed by atoms with E-state index in [9.17, 15) is 0 Å². The van der Waals surface area contributed by atoms with Crippen LogP contribution in [0, 0.1) is 5.92 Å². The number of alkyl halides is 1. The first kappa shape index (κ1) is 10.2. The first-order valence-electron chi connectivity index (χ1n) is 3.93. The summed E-state index contributed by atoms with van der Waals surface area (Å²) in [6, 6.07) is 0. The van der Waals surface area contributed by atoms with Gasteiger partial charge < -0.3 is 0 Å². The van der Waals surface area contributed by atoms with Crippen molar-refractivity contribution in [2.24, 2.45) is 5.92 Å². The summed E-state index contributed by atoms with van der Waals surface area (Å²) in [4.78, 5) is 0. The molecule has 0 unspecified atom stereocenters. The third-order valence-corrected chi connectivity index (χ3v) is 2.57. The number of rotatable bonds is 5. The second-order valence-electron chi connectivity index (χ2n) is 2.84. The van der Waals surface area contributed by atoms with Crippen molar-refractivity contribution in [1.82, 2.24) is 0 Å². The van der Waals surface area contributed by atoms with Gasteiger partial charge >= 0.3 is 0 Å². The summed E-state index contributed by atoms with van der Waals surface area (Å²) in [5.74, 6) is 0.694. The predicted molar refractivity (Wildman–Crippen MR) is 51.6 cm³/mol. The molecule has 60 valence electrons. The quantitative estimate of drug-likeness (QED) is 0.473. The molecule has 0 aromatic rings. The molecular formula is C9H17Br. The van der Waals surface area contributed by atoms with E-state index in [0.717, 1.165) is 5.33 Å². The average molecular weight is 205 g/mol. The molecule has 0 nitrogen and oxygen atoms in total. The first-order valence-corrected chi connectivity index (χ1v) is 5.05. The van der Waals surface area contributed by atoms with Crippen LogP contribution in [0.25, 0.3) is 0 Å². The maximum Gasteiger partial charge on any atom is 0.00967 e. The van der Waals surface area contributed by atoms with Gasteiger partial charge in [-0.05, 0) is 19.3 Å². The van der Waals surface area contributed by atoms with E-state index in [2.05, 4.69) is 36.4 Å². The number of unbranched alkanes of at least 4 members (excludes halogenated alkanes) is 1. The Morgan fingerprint density at radius 2 is 2.20 bits per heavy atom. The molecule has 0 heterocycles. The van der Waals surface area contributed by atoms with Crippen molar-refractivity contribution in [3.05, 3.63) is 12.2 Å². The van der Waals surface area contributed by atoms with Gasteiger partial charge in [0, 0.05) is 5.33 Å². The van der Waals surface area contributed by atoms with E-state index in [1.807, 2.05) is 0 Å². The van der Waals surface area contributed by atoms with Gasteiger partial charge in [-0.2, -0.15) is 0 Å². The van der Waals surface area contributed by atoms with Crippen LogP contribution < -0.4 is 0 Å². The highest BCUT2D eigenvalue weighted by Gasteiger charge is 2.05. The maximum atomic E-state index is 3.95. The highest BCUT2D eigenvalue weighted by molar-refractivity contribution is 9.09. The van der Waals surface area contributed by atoms with Gasteiger partial charge in [0.2, 0.25) is 0 Å². The molecule has 1 atom stereocenters. The molecule has 0 aliphatic rings. The summed E-state index contributed by atoms with van der Waals surface area (Å²) in [6.45, 7) is 8.29. The van der Waals surface area contributed by atoms with Gasteiger partial charge in [-0.25, -0.2) is 0 Å². The van der Waals surface area contributed by atoms with Gasteiger partial charge in [-0.15, -0.1) is 0 Å². The Labute approximate surface area is 72.8 Å². The molecule has 0 rings (SSSR count). The molecule has 10 heavy (non-hydrogen) atoms. The lowest BCUT2D eigenvalue weighted by Gasteiger charge is -2.12. The van der Waals surface area contributed by atoms with Crippen LogP contribution in [-0.4, -0.2) is 5.33 Å². The monoisotopic (exact) mass is 204 g/mol. The fraction of sp³-hybridized carbons (Fsp3) is 0.778. The Hall–Kier alpha value is 0.220. The molecule has 0 aliphatic heterocycles. The molecule has 1 heteroatoms. The standard InChI is InChI=1S/C9H17Br/c1-4-5-6-9(7-10)8(2)3/h9H,2,4-7H2,1,3H3/t9-/m0/s1. The van der Waals surface area contributed by atoms with E-state index >= 15 is 0 Å². The van der Waals surface area contributed by atoms with Crippen molar-refractivity contribution in [3.8, 4) is 0 Å². The van der Waals surface area contributed by atoms with E-state index < -0.39 is 0 Å². The molecule has 0 amide bonds. The minimum absolute atomic E-state index is 0.694. The molecule has 0 saturated heterocycles. The normalized spacial score (nSPS) is 13.1. The number of allylic oxidation sites excluding steroid dienone is 1. The molecule has 0 fully saturated rings. The summed E-state index contributed by atoms with van der Waals surface area (Å²) in [7, 11) is 0. The summed E-state index contributed by atoms with van der Waals surface area (Å²) < 4.78 is 0. The molecule has 0 bridgehead atoms. The van der Waals surface area contributed by atoms with Gasteiger partial charge in [-0.1, -0.05) is 47.8 Å². The van der Waals surface area contributed by atoms with Crippen LogP contribution in [0.5, 0.6) is 0 Å². The summed E-state index contributed by atoms with van der Waals surface area (Å²) in [6.07, 6.45) is 3.90. The molecule has 0 N–H and O–H groups in total.